The summed E-state index contributed by atoms with van der Waals surface area (Å²) in [6.45, 7) is 3.25. The van der Waals surface area contributed by atoms with Crippen LogP contribution in [0.1, 0.15) is 40.6 Å². The minimum Gasteiger partial charge on any atom is -0.341 e. The molecule has 1 N–H and O–H groups in total. The lowest BCUT2D eigenvalue weighted by atomic mass is 10.1. The molecule has 0 aliphatic heterocycles. The van der Waals surface area contributed by atoms with E-state index in [9.17, 15) is 18.0 Å². The van der Waals surface area contributed by atoms with Crippen molar-refractivity contribution in [2.45, 2.75) is 31.0 Å². The number of amides is 1. The van der Waals surface area contributed by atoms with Gasteiger partial charge in [0, 0.05) is 10.5 Å². The number of thioether (sulfide) groups is 1. The van der Waals surface area contributed by atoms with Gasteiger partial charge in [-0.1, -0.05) is 11.2 Å². The molecule has 1 aromatic heterocycles. The number of aryl methyl sites for hydroxylation is 1. The first-order valence-corrected chi connectivity index (χ1v) is 7.81. The Morgan fingerprint density at radius 1 is 1.39 bits per heavy atom. The lowest BCUT2D eigenvalue weighted by Crippen LogP contribution is -2.27. The highest BCUT2D eigenvalue weighted by Crippen LogP contribution is 2.27. The van der Waals surface area contributed by atoms with E-state index in [0.29, 0.717) is 5.56 Å². The Morgan fingerprint density at radius 3 is 2.65 bits per heavy atom. The zero-order valence-corrected chi connectivity index (χ0v) is 13.4. The highest BCUT2D eigenvalue weighted by atomic mass is 32.2. The van der Waals surface area contributed by atoms with Crippen LogP contribution in [-0.2, 0) is 6.18 Å². The number of nitrogens with zero attached hydrogens (tertiary/aromatic N) is 2. The maximum absolute atomic E-state index is 12.5. The summed E-state index contributed by atoms with van der Waals surface area (Å²) in [5.74, 6) is -2.09. The number of alkyl halides is 3. The summed E-state index contributed by atoms with van der Waals surface area (Å²) in [6, 6.07) is 4.56. The zero-order chi connectivity index (χ0) is 17.2. The van der Waals surface area contributed by atoms with Gasteiger partial charge in [0.1, 0.15) is 6.04 Å². The summed E-state index contributed by atoms with van der Waals surface area (Å²) in [7, 11) is 0. The molecule has 0 aliphatic rings. The molecule has 0 bridgehead atoms. The summed E-state index contributed by atoms with van der Waals surface area (Å²) < 4.78 is 41.9. The Balaban J connectivity index is 2.15. The van der Waals surface area contributed by atoms with Crippen LogP contribution in [0.4, 0.5) is 13.2 Å². The monoisotopic (exact) mass is 345 g/mol. The van der Waals surface area contributed by atoms with Crippen molar-refractivity contribution in [3.05, 3.63) is 41.0 Å². The molecule has 0 spiro atoms. The Kier molecular flexibility index (Phi) is 4.98. The van der Waals surface area contributed by atoms with Gasteiger partial charge in [0.05, 0.1) is 0 Å². The Bertz CT molecular complexity index is 716. The van der Waals surface area contributed by atoms with E-state index in [2.05, 4.69) is 20.0 Å². The van der Waals surface area contributed by atoms with Gasteiger partial charge >= 0.3 is 6.18 Å². The molecule has 9 heteroatoms. The molecule has 23 heavy (non-hydrogen) atoms. The van der Waals surface area contributed by atoms with Crippen LogP contribution >= 0.6 is 11.8 Å². The van der Waals surface area contributed by atoms with Crippen LogP contribution in [0.25, 0.3) is 0 Å². The second-order valence-corrected chi connectivity index (χ2v) is 5.71. The highest BCUT2D eigenvalue weighted by molar-refractivity contribution is 7.98. The fourth-order valence-corrected chi connectivity index (χ4v) is 2.27. The first-order valence-electron chi connectivity index (χ1n) is 6.58. The molecular weight excluding hydrogens is 331 g/mol. The third kappa shape index (κ3) is 4.04. The number of benzene rings is 1. The quantitative estimate of drug-likeness (QED) is 0.858. The fraction of sp³-hybridized carbons (Fsp3) is 0.357. The SMILES string of the molecule is CSc1ccc(C)c(C(=O)N[C@@H](C)c2nc(C(F)(F)F)no2)c1. The summed E-state index contributed by atoms with van der Waals surface area (Å²) in [5.41, 5.74) is 1.20. The number of aromatic nitrogens is 2. The molecule has 1 atom stereocenters. The molecule has 0 aliphatic carbocycles. The van der Waals surface area contributed by atoms with Crippen molar-refractivity contribution in [2.24, 2.45) is 0 Å². The van der Waals surface area contributed by atoms with Gasteiger partial charge in [-0.3, -0.25) is 4.79 Å². The molecule has 0 unspecified atom stereocenters. The predicted octanol–water partition coefficient (Wildman–Crippen LogP) is 3.61. The summed E-state index contributed by atoms with van der Waals surface area (Å²) >= 11 is 1.48. The second-order valence-electron chi connectivity index (χ2n) is 4.83. The average Bonchev–Trinajstić information content (AvgIpc) is 2.97. The van der Waals surface area contributed by atoms with Crippen molar-refractivity contribution >= 4 is 17.7 Å². The molecule has 5 nitrogen and oxygen atoms in total. The summed E-state index contributed by atoms with van der Waals surface area (Å²) in [6.07, 6.45) is -2.80. The molecule has 2 rings (SSSR count). The molecule has 1 aromatic carbocycles. The van der Waals surface area contributed by atoms with Crippen LogP contribution in [0.3, 0.4) is 0 Å². The van der Waals surface area contributed by atoms with E-state index in [1.54, 1.807) is 19.1 Å². The minimum absolute atomic E-state index is 0.302. The van der Waals surface area contributed by atoms with E-state index >= 15 is 0 Å². The Morgan fingerprint density at radius 2 is 2.09 bits per heavy atom. The van der Waals surface area contributed by atoms with Crippen molar-refractivity contribution in [3.63, 3.8) is 0 Å². The molecule has 1 heterocycles. The average molecular weight is 345 g/mol. The maximum Gasteiger partial charge on any atom is 0.455 e. The van der Waals surface area contributed by atoms with Crippen LogP contribution in [0.15, 0.2) is 27.6 Å². The van der Waals surface area contributed by atoms with E-state index in [1.807, 2.05) is 12.3 Å². The van der Waals surface area contributed by atoms with E-state index in [-0.39, 0.29) is 5.89 Å². The van der Waals surface area contributed by atoms with Gasteiger partial charge in [0.25, 0.3) is 11.7 Å². The van der Waals surface area contributed by atoms with Gasteiger partial charge < -0.3 is 9.84 Å². The third-order valence-electron chi connectivity index (χ3n) is 3.10. The van der Waals surface area contributed by atoms with Gasteiger partial charge in [-0.25, -0.2) is 0 Å². The largest absolute Gasteiger partial charge is 0.455 e. The van der Waals surface area contributed by atoms with E-state index in [1.165, 1.54) is 18.7 Å². The summed E-state index contributed by atoms with van der Waals surface area (Å²) in [5, 5.41) is 5.43. The van der Waals surface area contributed by atoms with Crippen molar-refractivity contribution in [3.8, 4) is 0 Å². The zero-order valence-electron chi connectivity index (χ0n) is 12.6. The number of carbonyl (C=O) groups excluding carboxylic acids is 1. The lowest BCUT2D eigenvalue weighted by Gasteiger charge is -2.12. The van der Waals surface area contributed by atoms with E-state index < -0.39 is 23.9 Å². The number of hydrogen-bond acceptors (Lipinski definition) is 5. The van der Waals surface area contributed by atoms with Crippen LogP contribution in [-0.4, -0.2) is 22.3 Å². The minimum atomic E-state index is -4.69. The first-order chi connectivity index (χ1) is 10.7. The fourth-order valence-electron chi connectivity index (χ4n) is 1.84. The normalized spacial score (nSPS) is 13.0. The van der Waals surface area contributed by atoms with Gasteiger partial charge in [-0.2, -0.15) is 18.2 Å². The second kappa shape index (κ2) is 6.61. The van der Waals surface area contributed by atoms with E-state index in [0.717, 1.165) is 10.5 Å². The molecule has 0 saturated heterocycles. The van der Waals surface area contributed by atoms with Crippen molar-refractivity contribution < 1.29 is 22.5 Å². The highest BCUT2D eigenvalue weighted by Gasteiger charge is 2.37. The van der Waals surface area contributed by atoms with E-state index in [4.69, 9.17) is 0 Å². The molecule has 0 saturated carbocycles. The third-order valence-corrected chi connectivity index (χ3v) is 3.83. The predicted molar refractivity (Wildman–Crippen MR) is 78.1 cm³/mol. The molecule has 0 radical (unpaired) electrons. The molecule has 0 fully saturated rings. The Hall–Kier alpha value is -2.03. The number of hydrogen-bond donors (Lipinski definition) is 1. The van der Waals surface area contributed by atoms with Crippen molar-refractivity contribution in [1.29, 1.82) is 0 Å². The van der Waals surface area contributed by atoms with Gasteiger partial charge in [0.15, 0.2) is 0 Å². The van der Waals surface area contributed by atoms with Gasteiger partial charge in [-0.15, -0.1) is 11.8 Å². The standard InChI is InChI=1S/C14H14F3N3O2S/c1-7-4-5-9(23-3)6-10(7)11(21)18-8(2)12-19-13(20-22-12)14(15,16)17/h4-6,8H,1-3H3,(H,18,21)/t8-/m0/s1. The van der Waals surface area contributed by atoms with Gasteiger partial charge in [0.2, 0.25) is 5.89 Å². The molecule has 124 valence electrons. The summed E-state index contributed by atoms with van der Waals surface area (Å²) in [4.78, 5) is 16.5. The van der Waals surface area contributed by atoms with Crippen molar-refractivity contribution in [2.75, 3.05) is 6.26 Å². The first kappa shape index (κ1) is 17.3. The molecule has 2 aromatic rings. The Labute approximate surface area is 134 Å². The van der Waals surface area contributed by atoms with Crippen LogP contribution in [0.2, 0.25) is 0 Å². The number of carbonyl (C=O) groups is 1. The van der Waals surface area contributed by atoms with Crippen LogP contribution in [0, 0.1) is 6.92 Å². The van der Waals surface area contributed by atoms with Crippen LogP contribution in [0.5, 0.6) is 0 Å². The lowest BCUT2D eigenvalue weighted by molar-refractivity contribution is -0.146. The number of rotatable bonds is 4. The van der Waals surface area contributed by atoms with Gasteiger partial charge in [-0.05, 0) is 37.8 Å². The molecule has 1 amide bonds. The topological polar surface area (TPSA) is 68.0 Å². The smallest absolute Gasteiger partial charge is 0.341 e. The molecular formula is C14H14F3N3O2S. The number of halogens is 3. The van der Waals surface area contributed by atoms with Crippen molar-refractivity contribution in [1.82, 2.24) is 15.5 Å². The van der Waals surface area contributed by atoms with Crippen LogP contribution < -0.4 is 5.32 Å². The maximum atomic E-state index is 12.5. The number of nitrogens with one attached hydrogen (secondary N) is 1.